The van der Waals surface area contributed by atoms with Crippen LogP contribution in [-0.2, 0) is 32.5 Å². The second kappa shape index (κ2) is 13.6. The van der Waals surface area contributed by atoms with Gasteiger partial charge in [-0.2, -0.15) is 15.1 Å². The van der Waals surface area contributed by atoms with Crippen molar-refractivity contribution in [2.45, 2.75) is 96.7 Å². The van der Waals surface area contributed by atoms with Crippen LogP contribution in [0.4, 0.5) is 20.3 Å². The molecular formula is C38H45ClF2N8O3. The third-order valence-corrected chi connectivity index (χ3v) is 11.5. The van der Waals surface area contributed by atoms with Crippen molar-refractivity contribution in [2.24, 2.45) is 0 Å². The minimum absolute atomic E-state index is 0.0617. The highest BCUT2D eigenvalue weighted by Crippen LogP contribution is 2.42. The van der Waals surface area contributed by atoms with Crippen LogP contribution in [0.1, 0.15) is 79.5 Å². The molecule has 4 aromatic rings. The number of benzene rings is 2. The summed E-state index contributed by atoms with van der Waals surface area (Å²) in [5, 5.41) is 20.1. The number of alkyl halides is 1. The van der Waals surface area contributed by atoms with Crippen molar-refractivity contribution in [3.8, 4) is 11.8 Å². The van der Waals surface area contributed by atoms with Crippen molar-refractivity contribution < 1.29 is 23.4 Å². The number of phenols is 1. The number of nitrogens with zero attached hydrogens (tertiary/aromatic N) is 7. The third-order valence-electron chi connectivity index (χ3n) is 11.1. The van der Waals surface area contributed by atoms with Gasteiger partial charge in [0, 0.05) is 61.3 Å². The van der Waals surface area contributed by atoms with Crippen molar-refractivity contribution in [1.29, 1.82) is 0 Å². The SMILES string of the molecule is CCc1c(F)ccc2cc(O)cc(N3CCc4c(nc(OC[C@@]56CCCN5C[C@H](F)C6)nc4N4CCCn5nc(C(=O)NC(C)C)c(Cl)c5C4)C3)c12. The number of aryl methyl sites for hydroxylation is 2. The van der Waals surface area contributed by atoms with Crippen LogP contribution in [0.25, 0.3) is 10.8 Å². The fourth-order valence-electron chi connectivity index (χ4n) is 8.78. The molecule has 8 rings (SSSR count). The average molecular weight is 735 g/mol. The molecule has 0 bridgehead atoms. The van der Waals surface area contributed by atoms with Gasteiger partial charge in [-0.3, -0.25) is 14.4 Å². The fourth-order valence-corrected chi connectivity index (χ4v) is 9.06. The Morgan fingerprint density at radius 1 is 1.13 bits per heavy atom. The first-order valence-electron chi connectivity index (χ1n) is 18.5. The Morgan fingerprint density at radius 2 is 1.98 bits per heavy atom. The van der Waals surface area contributed by atoms with Crippen LogP contribution < -0.4 is 19.9 Å². The summed E-state index contributed by atoms with van der Waals surface area (Å²) in [6, 6.07) is 6.71. The van der Waals surface area contributed by atoms with E-state index in [1.54, 1.807) is 18.2 Å². The second-order valence-corrected chi connectivity index (χ2v) is 15.3. The standard InChI is InChI=1S/C38H45ClF2N8O3/c1-4-26-28(41)8-7-23-15-25(50)16-30(32(23)26)46-14-9-27-29(19-46)43-37(52-21-38-10-5-12-48(38)18-24(40)17-38)44-35(27)47-11-6-13-49-31(20-47)33(39)34(45-49)36(51)42-22(2)3/h7-8,15-16,22,24,50H,4-6,9-14,17-21H2,1-3H3,(H,42,51)/t24-,38+/m1/s1. The number of hydrogen-bond acceptors (Lipinski definition) is 9. The van der Waals surface area contributed by atoms with Gasteiger partial charge in [0.25, 0.3) is 5.91 Å². The van der Waals surface area contributed by atoms with Gasteiger partial charge in [0.1, 0.15) is 30.2 Å². The number of carbonyl (C=O) groups is 1. The first-order chi connectivity index (χ1) is 25.0. The van der Waals surface area contributed by atoms with Crippen LogP contribution in [-0.4, -0.2) is 86.2 Å². The Balaban J connectivity index is 1.17. The molecule has 4 aliphatic heterocycles. The van der Waals surface area contributed by atoms with Gasteiger partial charge in [-0.05, 0) is 75.6 Å². The Labute approximate surface area is 306 Å². The molecule has 2 fully saturated rings. The summed E-state index contributed by atoms with van der Waals surface area (Å²) in [5.41, 5.74) is 3.67. The van der Waals surface area contributed by atoms with Crippen LogP contribution in [0.2, 0.25) is 5.02 Å². The average Bonchev–Trinajstić information content (AvgIpc) is 3.68. The highest BCUT2D eigenvalue weighted by Gasteiger charge is 2.49. The van der Waals surface area contributed by atoms with Gasteiger partial charge >= 0.3 is 6.01 Å². The van der Waals surface area contributed by atoms with Crippen molar-refractivity contribution in [2.75, 3.05) is 42.6 Å². The van der Waals surface area contributed by atoms with E-state index in [2.05, 4.69) is 25.1 Å². The largest absolute Gasteiger partial charge is 0.508 e. The topological polar surface area (TPSA) is 112 Å². The summed E-state index contributed by atoms with van der Waals surface area (Å²) in [6.45, 7) is 9.89. The lowest BCUT2D eigenvalue weighted by atomic mass is 9.95. The molecule has 0 aliphatic carbocycles. The molecule has 2 saturated heterocycles. The van der Waals surface area contributed by atoms with Gasteiger partial charge < -0.3 is 25.0 Å². The zero-order valence-corrected chi connectivity index (χ0v) is 30.6. The zero-order chi connectivity index (χ0) is 36.3. The van der Waals surface area contributed by atoms with Gasteiger partial charge in [0.15, 0.2) is 5.69 Å². The minimum atomic E-state index is -0.883. The number of anilines is 2. The number of ether oxygens (including phenoxy) is 1. The molecule has 0 unspecified atom stereocenters. The normalized spacial score (nSPS) is 21.7. The predicted octanol–water partition coefficient (Wildman–Crippen LogP) is 5.95. The number of hydrogen-bond donors (Lipinski definition) is 2. The zero-order valence-electron chi connectivity index (χ0n) is 29.9. The van der Waals surface area contributed by atoms with Crippen LogP contribution in [0.3, 0.4) is 0 Å². The highest BCUT2D eigenvalue weighted by atomic mass is 35.5. The van der Waals surface area contributed by atoms with E-state index in [0.29, 0.717) is 75.7 Å². The predicted molar refractivity (Wildman–Crippen MR) is 196 cm³/mol. The summed E-state index contributed by atoms with van der Waals surface area (Å²) in [4.78, 5) is 29.5. The molecule has 0 saturated carbocycles. The number of amides is 1. The van der Waals surface area contributed by atoms with Gasteiger partial charge in [0.05, 0.1) is 35.0 Å². The van der Waals surface area contributed by atoms with E-state index in [1.165, 1.54) is 6.07 Å². The number of aromatic nitrogens is 4. The van der Waals surface area contributed by atoms with Crippen LogP contribution in [0.15, 0.2) is 24.3 Å². The van der Waals surface area contributed by atoms with Crippen LogP contribution in [0.5, 0.6) is 11.8 Å². The van der Waals surface area contributed by atoms with Crippen LogP contribution >= 0.6 is 11.6 Å². The number of fused-ring (bicyclic) bond motifs is 4. The molecular weight excluding hydrogens is 690 g/mol. The molecule has 2 atom stereocenters. The van der Waals surface area contributed by atoms with Crippen molar-refractivity contribution in [1.82, 2.24) is 30.0 Å². The number of rotatable bonds is 8. The number of phenolic OH excluding ortho intramolecular Hbond substituents is 1. The van der Waals surface area contributed by atoms with E-state index in [1.807, 2.05) is 25.5 Å². The summed E-state index contributed by atoms with van der Waals surface area (Å²) < 4.78 is 38.1. The second-order valence-electron chi connectivity index (χ2n) is 15.0. The lowest BCUT2D eigenvalue weighted by molar-refractivity contribution is 0.0937. The maximum atomic E-state index is 15.1. The summed E-state index contributed by atoms with van der Waals surface area (Å²) in [5.74, 6) is 0.258. The summed E-state index contributed by atoms with van der Waals surface area (Å²) in [7, 11) is 0. The molecule has 6 heterocycles. The monoisotopic (exact) mass is 734 g/mol. The Bertz CT molecular complexity index is 2040. The number of aromatic hydroxyl groups is 1. The van der Waals surface area contributed by atoms with Gasteiger partial charge in [0.2, 0.25) is 0 Å². The molecule has 11 nitrogen and oxygen atoms in total. The molecule has 14 heteroatoms. The van der Waals surface area contributed by atoms with E-state index < -0.39 is 6.17 Å². The van der Waals surface area contributed by atoms with Gasteiger partial charge in [-0.25, -0.2) is 8.78 Å². The maximum absolute atomic E-state index is 15.1. The van der Waals surface area contributed by atoms with Crippen molar-refractivity contribution >= 4 is 39.8 Å². The third kappa shape index (κ3) is 6.19. The van der Waals surface area contributed by atoms with Crippen molar-refractivity contribution in [3.63, 3.8) is 0 Å². The van der Waals surface area contributed by atoms with E-state index in [9.17, 15) is 14.3 Å². The Hall–Kier alpha value is -4.23. The van der Waals surface area contributed by atoms with E-state index >= 15 is 4.39 Å². The van der Waals surface area contributed by atoms with Crippen LogP contribution in [0, 0.1) is 5.82 Å². The molecule has 2 aromatic heterocycles. The minimum Gasteiger partial charge on any atom is -0.508 e. The lowest BCUT2D eigenvalue weighted by Crippen LogP contribution is -2.43. The molecule has 2 aromatic carbocycles. The lowest BCUT2D eigenvalue weighted by Gasteiger charge is -2.35. The quantitative estimate of drug-likeness (QED) is 0.227. The molecule has 276 valence electrons. The number of nitrogens with one attached hydrogen (secondary N) is 1. The molecule has 1 amide bonds. The molecule has 4 aliphatic rings. The van der Waals surface area contributed by atoms with E-state index in [-0.39, 0.29) is 40.8 Å². The summed E-state index contributed by atoms with van der Waals surface area (Å²) in [6.07, 6.45) is 3.25. The molecule has 52 heavy (non-hydrogen) atoms. The fraction of sp³-hybridized carbons (Fsp3) is 0.526. The van der Waals surface area contributed by atoms with Gasteiger partial charge in [-0.15, -0.1) is 0 Å². The Kier molecular flexibility index (Phi) is 9.13. The smallest absolute Gasteiger partial charge is 0.318 e. The van der Waals surface area contributed by atoms with E-state index in [0.717, 1.165) is 65.0 Å². The highest BCUT2D eigenvalue weighted by molar-refractivity contribution is 6.34. The Morgan fingerprint density at radius 3 is 2.79 bits per heavy atom. The molecule has 0 spiro atoms. The summed E-state index contributed by atoms with van der Waals surface area (Å²) >= 11 is 6.87. The van der Waals surface area contributed by atoms with E-state index in [4.69, 9.17) is 26.3 Å². The van der Waals surface area contributed by atoms with Gasteiger partial charge in [-0.1, -0.05) is 24.6 Å². The maximum Gasteiger partial charge on any atom is 0.318 e. The first-order valence-corrected chi connectivity index (χ1v) is 18.8. The molecule has 0 radical (unpaired) electrons. The van der Waals surface area contributed by atoms with Crippen molar-refractivity contribution in [3.05, 3.63) is 63.3 Å². The number of carbonyl (C=O) groups excluding carboxylic acids is 1. The molecule has 2 N–H and O–H groups in total. The first kappa shape index (κ1) is 34.8. The number of halogens is 3.